The molecule has 0 saturated carbocycles. The van der Waals surface area contributed by atoms with Crippen LogP contribution in [0.15, 0.2) is 23.4 Å². The third-order valence-electron chi connectivity index (χ3n) is 4.77. The SMILES string of the molecule is NS(=O)(=O)c1ccn(C(=O)Nc2c3c(cc4c2CCC4)CCC3)n1. The Hall–Kier alpha value is -2.19. The van der Waals surface area contributed by atoms with Gasteiger partial charge in [0.2, 0.25) is 0 Å². The molecule has 0 unspecified atom stereocenters. The van der Waals surface area contributed by atoms with Crippen LogP contribution in [-0.4, -0.2) is 24.2 Å². The highest BCUT2D eigenvalue weighted by molar-refractivity contribution is 7.89. The van der Waals surface area contributed by atoms with Crippen molar-refractivity contribution in [3.05, 3.63) is 40.6 Å². The molecule has 0 aliphatic heterocycles. The summed E-state index contributed by atoms with van der Waals surface area (Å²) < 4.78 is 23.6. The Labute approximate surface area is 139 Å². The van der Waals surface area contributed by atoms with Gasteiger partial charge < -0.3 is 5.32 Å². The smallest absolute Gasteiger partial charge is 0.305 e. The Morgan fingerprint density at radius 3 is 2.29 bits per heavy atom. The molecule has 1 heterocycles. The van der Waals surface area contributed by atoms with E-state index in [0.717, 1.165) is 48.9 Å². The summed E-state index contributed by atoms with van der Waals surface area (Å²) in [5.74, 6) is 0. The third kappa shape index (κ3) is 2.51. The molecule has 0 atom stereocenters. The number of rotatable bonds is 2. The van der Waals surface area contributed by atoms with Gasteiger partial charge in [0.05, 0.1) is 0 Å². The van der Waals surface area contributed by atoms with E-state index in [2.05, 4.69) is 16.5 Å². The number of nitrogens with zero attached hydrogens (tertiary/aromatic N) is 2. The Morgan fingerprint density at radius 1 is 1.12 bits per heavy atom. The van der Waals surface area contributed by atoms with Gasteiger partial charge >= 0.3 is 6.03 Å². The normalized spacial score (nSPS) is 16.0. The molecule has 0 radical (unpaired) electrons. The van der Waals surface area contributed by atoms with Gasteiger partial charge in [0.25, 0.3) is 10.0 Å². The van der Waals surface area contributed by atoms with Gasteiger partial charge in [0.15, 0.2) is 5.03 Å². The van der Waals surface area contributed by atoms with E-state index in [1.54, 1.807) is 0 Å². The summed E-state index contributed by atoms with van der Waals surface area (Å²) >= 11 is 0. The van der Waals surface area contributed by atoms with Gasteiger partial charge in [0.1, 0.15) is 0 Å². The van der Waals surface area contributed by atoms with E-state index in [-0.39, 0.29) is 5.03 Å². The number of nitrogens with two attached hydrogens (primary N) is 1. The highest BCUT2D eigenvalue weighted by Gasteiger charge is 2.25. The third-order valence-corrected chi connectivity index (χ3v) is 5.57. The Bertz CT molecular complexity index is 914. The highest BCUT2D eigenvalue weighted by atomic mass is 32.2. The lowest BCUT2D eigenvalue weighted by Gasteiger charge is -2.15. The molecule has 3 N–H and O–H groups in total. The molecule has 126 valence electrons. The predicted octanol–water partition coefficient (Wildman–Crippen LogP) is 1.59. The molecule has 0 fully saturated rings. The van der Waals surface area contributed by atoms with Gasteiger partial charge in [-0.3, -0.25) is 0 Å². The Balaban J connectivity index is 1.69. The second-order valence-corrected chi connectivity index (χ2v) is 7.82. The van der Waals surface area contributed by atoms with E-state index in [9.17, 15) is 13.2 Å². The van der Waals surface area contributed by atoms with Crippen molar-refractivity contribution < 1.29 is 13.2 Å². The number of primary sulfonamides is 1. The summed E-state index contributed by atoms with van der Waals surface area (Å²) in [6.45, 7) is 0. The number of aryl methyl sites for hydroxylation is 2. The number of nitrogens with one attached hydrogen (secondary N) is 1. The molecule has 4 rings (SSSR count). The number of carbonyl (C=O) groups excluding carboxylic acids is 1. The molecule has 0 spiro atoms. The first kappa shape index (κ1) is 15.3. The second kappa shape index (κ2) is 5.42. The first-order valence-corrected chi connectivity index (χ1v) is 9.54. The first-order chi connectivity index (χ1) is 11.4. The van der Waals surface area contributed by atoms with E-state index in [1.807, 2.05) is 0 Å². The summed E-state index contributed by atoms with van der Waals surface area (Å²) in [6.07, 6.45) is 7.50. The highest BCUT2D eigenvalue weighted by Crippen LogP contribution is 2.38. The minimum Gasteiger partial charge on any atom is -0.305 e. The second-order valence-electron chi connectivity index (χ2n) is 6.31. The van der Waals surface area contributed by atoms with Crippen molar-refractivity contribution in [2.45, 2.75) is 43.6 Å². The summed E-state index contributed by atoms with van der Waals surface area (Å²) in [5, 5.41) is 11.4. The van der Waals surface area contributed by atoms with Gasteiger partial charge in [-0.1, -0.05) is 6.07 Å². The number of fused-ring (bicyclic) bond motifs is 2. The average Bonchev–Trinajstić information content (AvgIpc) is 3.25. The fourth-order valence-electron chi connectivity index (χ4n) is 3.70. The summed E-state index contributed by atoms with van der Waals surface area (Å²) in [7, 11) is -3.92. The van der Waals surface area contributed by atoms with Gasteiger partial charge in [-0.25, -0.2) is 18.4 Å². The van der Waals surface area contributed by atoms with Gasteiger partial charge in [-0.2, -0.15) is 9.78 Å². The number of hydrogen-bond acceptors (Lipinski definition) is 4. The zero-order valence-electron chi connectivity index (χ0n) is 13.1. The summed E-state index contributed by atoms with van der Waals surface area (Å²) in [6, 6.07) is 3.03. The number of hydrogen-bond donors (Lipinski definition) is 2. The van der Waals surface area contributed by atoms with Crippen LogP contribution in [0.3, 0.4) is 0 Å². The minimum absolute atomic E-state index is 0.318. The van der Waals surface area contributed by atoms with Crippen molar-refractivity contribution in [1.82, 2.24) is 9.78 Å². The lowest BCUT2D eigenvalue weighted by atomic mass is 9.99. The molecule has 24 heavy (non-hydrogen) atoms. The fourth-order valence-corrected chi connectivity index (χ4v) is 4.16. The molecular formula is C16H18N4O3S. The van der Waals surface area contributed by atoms with Crippen LogP contribution in [0, 0.1) is 0 Å². The maximum Gasteiger partial charge on any atom is 0.346 e. The van der Waals surface area contributed by atoms with Crippen molar-refractivity contribution >= 4 is 21.7 Å². The molecule has 2 aliphatic carbocycles. The van der Waals surface area contributed by atoms with E-state index in [4.69, 9.17) is 5.14 Å². The lowest BCUT2D eigenvalue weighted by Crippen LogP contribution is -2.23. The molecule has 1 aromatic heterocycles. The van der Waals surface area contributed by atoms with E-state index < -0.39 is 16.1 Å². The van der Waals surface area contributed by atoms with Crippen molar-refractivity contribution in [2.75, 3.05) is 5.32 Å². The Morgan fingerprint density at radius 2 is 1.75 bits per heavy atom. The molecule has 0 bridgehead atoms. The number of anilines is 1. The van der Waals surface area contributed by atoms with Crippen LogP contribution in [0.1, 0.15) is 35.1 Å². The summed E-state index contributed by atoms with van der Waals surface area (Å²) in [5.41, 5.74) is 5.95. The first-order valence-electron chi connectivity index (χ1n) is 8.00. The van der Waals surface area contributed by atoms with Crippen LogP contribution < -0.4 is 10.5 Å². The minimum atomic E-state index is -3.92. The van der Waals surface area contributed by atoms with E-state index >= 15 is 0 Å². The van der Waals surface area contributed by atoms with E-state index in [0.29, 0.717) is 0 Å². The predicted molar refractivity (Wildman–Crippen MR) is 88.5 cm³/mol. The number of benzene rings is 1. The van der Waals surface area contributed by atoms with Crippen molar-refractivity contribution in [1.29, 1.82) is 0 Å². The van der Waals surface area contributed by atoms with Crippen molar-refractivity contribution in [3.8, 4) is 0 Å². The monoisotopic (exact) mass is 346 g/mol. The van der Waals surface area contributed by atoms with Crippen LogP contribution >= 0.6 is 0 Å². The zero-order chi connectivity index (χ0) is 16.9. The van der Waals surface area contributed by atoms with Crippen molar-refractivity contribution in [3.63, 3.8) is 0 Å². The molecular weight excluding hydrogens is 328 g/mol. The number of aromatic nitrogens is 2. The van der Waals surface area contributed by atoms with Crippen LogP contribution in [0.4, 0.5) is 10.5 Å². The molecule has 1 aromatic carbocycles. The molecule has 1 amide bonds. The molecule has 8 heteroatoms. The summed E-state index contributed by atoms with van der Waals surface area (Å²) in [4.78, 5) is 12.5. The Kier molecular flexibility index (Phi) is 3.47. The lowest BCUT2D eigenvalue weighted by molar-refractivity contribution is 0.250. The van der Waals surface area contributed by atoms with Gasteiger partial charge in [-0.05, 0) is 66.8 Å². The fraction of sp³-hybridized carbons (Fsp3) is 0.375. The maximum absolute atomic E-state index is 12.5. The van der Waals surface area contributed by atoms with Gasteiger partial charge in [0, 0.05) is 11.9 Å². The van der Waals surface area contributed by atoms with Crippen molar-refractivity contribution in [2.24, 2.45) is 5.14 Å². The van der Waals surface area contributed by atoms with Crippen LogP contribution in [0.25, 0.3) is 0 Å². The van der Waals surface area contributed by atoms with E-state index in [1.165, 1.54) is 34.5 Å². The quantitative estimate of drug-likeness (QED) is 0.861. The van der Waals surface area contributed by atoms with Gasteiger partial charge in [-0.15, -0.1) is 0 Å². The number of sulfonamides is 1. The van der Waals surface area contributed by atoms with Crippen LogP contribution in [0.2, 0.25) is 0 Å². The standard InChI is InChI=1S/C16H18N4O3S/c17-24(22,23)14-7-8-20(19-14)16(21)18-15-12-5-1-3-10(12)9-11-4-2-6-13(11)15/h7-9H,1-6H2,(H,18,21)(H2,17,22,23). The van der Waals surface area contributed by atoms with Crippen LogP contribution in [-0.2, 0) is 35.7 Å². The molecule has 2 aromatic rings. The molecule has 2 aliphatic rings. The maximum atomic E-state index is 12.5. The molecule has 0 saturated heterocycles. The van der Waals surface area contributed by atoms with Crippen LogP contribution in [0.5, 0.6) is 0 Å². The number of carbonyl (C=O) groups is 1. The zero-order valence-corrected chi connectivity index (χ0v) is 13.9. The average molecular weight is 346 g/mol. The number of amides is 1. The topological polar surface area (TPSA) is 107 Å². The largest absolute Gasteiger partial charge is 0.346 e. The molecule has 7 nitrogen and oxygen atoms in total.